The fraction of sp³-hybridized carbons (Fsp3) is 0.435. The minimum absolute atomic E-state index is 0.834. The number of nitrogens with zero attached hydrogens (tertiary/aromatic N) is 20. The molecule has 20 nitrogen and oxygen atoms in total. The lowest BCUT2D eigenvalue weighted by Gasteiger charge is -2.03. The molecule has 16 rings (SSSR count). The van der Waals surface area contributed by atoms with Crippen molar-refractivity contribution in [2.24, 2.45) is 56.4 Å². The third-order valence-electron chi connectivity index (χ3n) is 18.6. The van der Waals surface area contributed by atoms with Gasteiger partial charge in [-0.15, -0.1) is 0 Å². The number of hydrogen-bond donors (Lipinski definition) is 0. The monoisotopic (exact) mass is 1530 g/mol. The summed E-state index contributed by atoms with van der Waals surface area (Å²) in [6, 6.07) is 12.6. The average molecular weight is 1530 g/mol. The van der Waals surface area contributed by atoms with Gasteiger partial charge in [0.25, 0.3) is 0 Å². The molecule has 0 fully saturated rings. The maximum atomic E-state index is 4.34. The van der Waals surface area contributed by atoms with Crippen molar-refractivity contribution in [3.05, 3.63) is 213 Å². The zero-order chi connectivity index (χ0) is 85.7. The standard InChI is InChI=1S/4C10H12N2.4C9H11N3.8C2H6/c1-7-8(2)11-6-9-4-5-12(3)10(7)9;1-7-6-11-9-4-5-12(3)10(9)8(7)2;1-7-4-5-9-10(8(7)2)12(3)6-11-9;1-7-4-5-9-6-11-12(3)10(9)8(7)2;1-6-7(2)10-4-8-9(6)12(3)5-11-8;1-6-7(2)10-4-8-5-11-12(3)9(6)8;1-6-4-10-9-8(7(6)2)12(3)5-11-9;1-6-4-10-8-5-11-12(3)9(8)7(6)2;8*1-2/h4*4-6H,1-3H3;4*4-5H,1-3H3;8*1-2H3. The number of pyridine rings is 6. The molecule has 2 aromatic carbocycles. The van der Waals surface area contributed by atoms with E-state index in [2.05, 4.69) is 214 Å². The van der Waals surface area contributed by atoms with Gasteiger partial charge < -0.3 is 22.8 Å². The maximum Gasteiger partial charge on any atom is 0.177 e. The van der Waals surface area contributed by atoms with Gasteiger partial charge >= 0.3 is 0 Å². The number of hydrogen-bond acceptors (Lipinski definition) is 12. The second-order valence-corrected chi connectivity index (χ2v) is 25.1. The molecule has 20 heteroatoms. The van der Waals surface area contributed by atoms with E-state index in [1.165, 1.54) is 116 Å². The van der Waals surface area contributed by atoms with Crippen LogP contribution in [0.3, 0.4) is 0 Å². The molecule has 0 spiro atoms. The Labute approximate surface area is 672 Å². The Kier molecular flexibility index (Phi) is 43.9. The van der Waals surface area contributed by atoms with Crippen molar-refractivity contribution in [1.29, 1.82) is 0 Å². The Morgan fingerprint density at radius 1 is 0.205 bits per heavy atom. The Hall–Kier alpha value is -10.8. The number of fused-ring (bicyclic) bond motifs is 8. The van der Waals surface area contributed by atoms with Crippen LogP contribution in [0.5, 0.6) is 0 Å². The smallest absolute Gasteiger partial charge is 0.177 e. The molecule has 16 aromatic rings. The van der Waals surface area contributed by atoms with Crippen molar-refractivity contribution >= 4 is 88.0 Å². The summed E-state index contributed by atoms with van der Waals surface area (Å²) in [5, 5.41) is 16.1. The summed E-state index contributed by atoms with van der Waals surface area (Å²) >= 11 is 0. The normalized spacial score (nSPS) is 9.79. The fourth-order valence-electron chi connectivity index (χ4n) is 11.9. The first kappa shape index (κ1) is 99.2. The Balaban J connectivity index is 0.000000623. The largest absolute Gasteiger partial charge is 0.350 e. The molecular weight excluding hydrogens is 1390 g/mol. The third-order valence-corrected chi connectivity index (χ3v) is 18.6. The molecule has 0 saturated heterocycles. The fourth-order valence-corrected chi connectivity index (χ4v) is 11.9. The van der Waals surface area contributed by atoms with Gasteiger partial charge in [0.1, 0.15) is 11.0 Å². The Morgan fingerprint density at radius 2 is 0.527 bits per heavy atom. The molecule has 0 aliphatic heterocycles. The molecule has 0 aliphatic rings. The van der Waals surface area contributed by atoms with Crippen molar-refractivity contribution in [3.63, 3.8) is 0 Å². The molecule has 608 valence electrons. The predicted molar refractivity (Wildman–Crippen MR) is 483 cm³/mol. The van der Waals surface area contributed by atoms with Gasteiger partial charge in [-0.1, -0.05) is 129 Å². The van der Waals surface area contributed by atoms with Gasteiger partial charge in [0.05, 0.1) is 98.9 Å². The van der Waals surface area contributed by atoms with Crippen LogP contribution in [0.4, 0.5) is 0 Å². The van der Waals surface area contributed by atoms with Gasteiger partial charge in [-0.05, 0) is 201 Å². The van der Waals surface area contributed by atoms with Crippen molar-refractivity contribution < 1.29 is 0 Å². The van der Waals surface area contributed by atoms with Gasteiger partial charge in [0.2, 0.25) is 0 Å². The molecule has 14 heterocycles. The summed E-state index contributed by atoms with van der Waals surface area (Å²) in [7, 11) is 16.0. The minimum atomic E-state index is 0.834. The van der Waals surface area contributed by atoms with E-state index in [0.29, 0.717) is 0 Å². The molecule has 0 aliphatic carbocycles. The number of aromatic nitrogens is 20. The van der Waals surface area contributed by atoms with Crippen LogP contribution in [0, 0.1) is 111 Å². The van der Waals surface area contributed by atoms with Gasteiger partial charge in [0, 0.05) is 133 Å². The summed E-state index contributed by atoms with van der Waals surface area (Å²) in [5.74, 6) is 0. The highest BCUT2D eigenvalue weighted by Gasteiger charge is 2.11. The minimum Gasteiger partial charge on any atom is -0.350 e. The van der Waals surface area contributed by atoms with Crippen molar-refractivity contribution in [2.75, 3.05) is 0 Å². The molecule has 0 amide bonds. The van der Waals surface area contributed by atoms with Gasteiger partial charge in [-0.3, -0.25) is 39.0 Å². The molecule has 14 aromatic heterocycles. The van der Waals surface area contributed by atoms with E-state index in [1.54, 1.807) is 12.5 Å². The lowest BCUT2D eigenvalue weighted by Crippen LogP contribution is -1.94. The molecule has 0 bridgehead atoms. The molecule has 0 radical (unpaired) electrons. The number of imidazole rings is 3. The first-order chi connectivity index (χ1) is 53.6. The number of rotatable bonds is 0. The van der Waals surface area contributed by atoms with Crippen LogP contribution in [-0.4, -0.2) is 97.0 Å². The second-order valence-electron chi connectivity index (χ2n) is 25.1. The van der Waals surface area contributed by atoms with Gasteiger partial charge in [-0.25, -0.2) is 19.9 Å². The summed E-state index contributed by atoms with van der Waals surface area (Å²) in [6.07, 6.45) is 26.4. The molecule has 0 saturated carbocycles. The highest BCUT2D eigenvalue weighted by Crippen LogP contribution is 2.25. The van der Waals surface area contributed by atoms with Gasteiger partial charge in [-0.2, -0.15) is 15.3 Å². The van der Waals surface area contributed by atoms with Crippen molar-refractivity contribution in [2.45, 2.75) is 222 Å². The van der Waals surface area contributed by atoms with Crippen LogP contribution in [0.15, 0.2) is 124 Å². The van der Waals surface area contributed by atoms with E-state index >= 15 is 0 Å². The maximum absolute atomic E-state index is 4.34. The molecule has 0 atom stereocenters. The summed E-state index contributed by atoms with van der Waals surface area (Å²) in [5.41, 5.74) is 34.4. The van der Waals surface area contributed by atoms with Crippen LogP contribution in [0.25, 0.3) is 88.0 Å². The molecule has 112 heavy (non-hydrogen) atoms. The Bertz CT molecular complexity index is 4430. The van der Waals surface area contributed by atoms with E-state index in [-0.39, 0.29) is 0 Å². The SMILES string of the molecule is CC.CC.CC.CC.CC.CC.CC.CC.Cc1ccc2cnn(C)c2c1C.Cc1ccc2ncn(C)c2c1C.Cc1cnc2ccn(C)c2c1C.Cc1cnc2cnn(C)c2c1C.Cc1cnc2ncn(C)c2c1C.Cc1ncc2ccn(C)c2c1C.Cc1ncc2cnn(C)c2c1C.Cc1ncc2ncn(C)c2c1C. The Morgan fingerprint density at radius 3 is 1.07 bits per heavy atom. The van der Waals surface area contributed by atoms with E-state index in [4.69, 9.17) is 0 Å². The summed E-state index contributed by atoms with van der Waals surface area (Å²) in [6.45, 7) is 65.4. The summed E-state index contributed by atoms with van der Waals surface area (Å²) in [4.78, 5) is 38.3. The van der Waals surface area contributed by atoms with Crippen molar-refractivity contribution in [3.8, 4) is 0 Å². The number of aryl methyl sites for hydroxylation is 24. The lowest BCUT2D eigenvalue weighted by molar-refractivity contribution is 0.793. The second kappa shape index (κ2) is 49.5. The molecule has 0 unspecified atom stereocenters. The van der Waals surface area contributed by atoms with Crippen LogP contribution >= 0.6 is 0 Å². The van der Waals surface area contributed by atoms with E-state index in [1.807, 2.05) is 272 Å². The van der Waals surface area contributed by atoms with E-state index < -0.39 is 0 Å². The van der Waals surface area contributed by atoms with Crippen LogP contribution in [-0.2, 0) is 56.4 Å². The van der Waals surface area contributed by atoms with E-state index in [0.717, 1.165) is 61.2 Å². The van der Waals surface area contributed by atoms with Crippen LogP contribution < -0.4 is 0 Å². The predicted octanol–water partition coefficient (Wildman–Crippen LogP) is 23.3. The summed E-state index contributed by atoms with van der Waals surface area (Å²) < 4.78 is 16.0. The van der Waals surface area contributed by atoms with Crippen molar-refractivity contribution in [1.82, 2.24) is 97.0 Å². The lowest BCUT2D eigenvalue weighted by atomic mass is 10.1. The molecular formula is C92H140N20. The zero-order valence-corrected chi connectivity index (χ0v) is 76.5. The highest BCUT2D eigenvalue weighted by molar-refractivity contribution is 5.85. The van der Waals surface area contributed by atoms with Crippen LogP contribution in [0.2, 0.25) is 0 Å². The first-order valence-electron chi connectivity index (χ1n) is 40.0. The number of benzene rings is 2. The van der Waals surface area contributed by atoms with Gasteiger partial charge in [0.15, 0.2) is 5.65 Å². The highest BCUT2D eigenvalue weighted by atomic mass is 15.3. The van der Waals surface area contributed by atoms with E-state index in [9.17, 15) is 0 Å². The first-order valence-corrected chi connectivity index (χ1v) is 40.0. The topological polar surface area (TPSA) is 194 Å². The zero-order valence-electron chi connectivity index (χ0n) is 76.5. The van der Waals surface area contributed by atoms with Crippen LogP contribution in [0.1, 0.15) is 200 Å². The molecule has 0 N–H and O–H groups in total. The quantitative estimate of drug-likeness (QED) is 0.140. The average Bonchev–Trinajstić information content (AvgIpc) is 1.76. The third kappa shape index (κ3) is 24.6.